The van der Waals surface area contributed by atoms with Crippen LogP contribution in [0.2, 0.25) is 18.1 Å². The Morgan fingerprint density at radius 2 is 1.84 bits per heavy atom. The van der Waals surface area contributed by atoms with Gasteiger partial charge in [-0.05, 0) is 31.7 Å². The molecular weight excluding hydrogens is 358 g/mol. The predicted molar refractivity (Wildman–Crippen MR) is 104 cm³/mol. The molecule has 0 aliphatic carbocycles. The van der Waals surface area contributed by atoms with Crippen molar-refractivity contribution in [1.82, 2.24) is 9.97 Å². The number of aromatic nitrogens is 2. The lowest BCUT2D eigenvalue weighted by Gasteiger charge is -2.34. The van der Waals surface area contributed by atoms with Crippen molar-refractivity contribution in [3.8, 4) is 0 Å². The lowest BCUT2D eigenvalue weighted by Crippen LogP contribution is -2.35. The Hall–Kier alpha value is -1.18. The molecule has 1 aromatic rings. The number of nitrogens with one attached hydrogen (secondary N) is 1. The van der Waals surface area contributed by atoms with Gasteiger partial charge in [0.15, 0.2) is 7.38 Å². The number of aliphatic hydroxyl groups is 1. The molecule has 1 rings (SSSR count). The van der Waals surface area contributed by atoms with Gasteiger partial charge in [-0.2, -0.15) is 11.1 Å². The number of halogens is 1. The second kappa shape index (κ2) is 8.47. The summed E-state index contributed by atoms with van der Waals surface area (Å²) < 4.78 is 5.29. The van der Waals surface area contributed by atoms with Gasteiger partial charge in [-0.1, -0.05) is 26.9 Å². The van der Waals surface area contributed by atoms with E-state index < -0.39 is 18.9 Å². The Bertz CT molecular complexity index is 571. The Balaban J connectivity index is 2.48. The topological polar surface area (TPSA) is 84.3 Å². The van der Waals surface area contributed by atoms with Crippen molar-refractivity contribution in [2.24, 2.45) is 0 Å². The summed E-state index contributed by atoms with van der Waals surface area (Å²) >= 11 is 6.53. The normalized spacial score (nSPS) is 12.8. The molecule has 6 nitrogen and oxygen atoms in total. The first-order valence-corrected chi connectivity index (χ1v) is 12.5. The van der Waals surface area contributed by atoms with Gasteiger partial charge in [-0.3, -0.25) is 0 Å². The Morgan fingerprint density at radius 3 is 2.32 bits per heavy atom. The van der Waals surface area contributed by atoms with Crippen LogP contribution in [0.4, 0.5) is 5.95 Å². The number of aliphatic hydroxyl groups excluding tert-OH is 1. The van der Waals surface area contributed by atoms with Gasteiger partial charge in [0, 0.05) is 12.4 Å². The minimum absolute atomic E-state index is 0.0571. The number of rotatable bonds is 9. The first-order chi connectivity index (χ1) is 11.4. The maximum Gasteiger partial charge on any atom is 0.341 e. The highest BCUT2D eigenvalue weighted by Crippen LogP contribution is 2.43. The summed E-state index contributed by atoms with van der Waals surface area (Å²) in [6, 6.07) is 0. The van der Waals surface area contributed by atoms with Gasteiger partial charge < -0.3 is 15.2 Å². The van der Waals surface area contributed by atoms with Crippen molar-refractivity contribution in [1.29, 1.82) is 0 Å². The van der Waals surface area contributed by atoms with E-state index in [0.29, 0.717) is 18.1 Å². The SMILES string of the molecule is CC(C)(CO)Nc1ncc(C(=O)OCCCC(C)(C)[Si](C)(C)Cl)cn1. The molecule has 0 unspecified atom stereocenters. The fourth-order valence-electron chi connectivity index (χ4n) is 1.90. The minimum Gasteiger partial charge on any atom is -0.462 e. The zero-order valence-corrected chi connectivity index (χ0v) is 17.8. The zero-order chi connectivity index (χ0) is 19.3. The maximum atomic E-state index is 12.0. The van der Waals surface area contributed by atoms with E-state index >= 15 is 0 Å². The van der Waals surface area contributed by atoms with Gasteiger partial charge in [0.2, 0.25) is 5.95 Å². The molecule has 2 N–H and O–H groups in total. The van der Waals surface area contributed by atoms with Gasteiger partial charge >= 0.3 is 5.97 Å². The quantitative estimate of drug-likeness (QED) is 0.290. The Morgan fingerprint density at radius 1 is 1.28 bits per heavy atom. The highest BCUT2D eigenvalue weighted by atomic mass is 35.6. The fourth-order valence-corrected chi connectivity index (χ4v) is 2.95. The van der Waals surface area contributed by atoms with Crippen molar-refractivity contribution < 1.29 is 14.6 Å². The molecule has 142 valence electrons. The Labute approximate surface area is 156 Å². The van der Waals surface area contributed by atoms with Crippen LogP contribution in [0.15, 0.2) is 12.4 Å². The van der Waals surface area contributed by atoms with E-state index in [0.717, 1.165) is 12.8 Å². The second-order valence-electron chi connectivity index (χ2n) is 8.06. The minimum atomic E-state index is -1.77. The summed E-state index contributed by atoms with van der Waals surface area (Å²) in [4.78, 5) is 20.2. The molecule has 0 radical (unpaired) electrons. The molecule has 0 amide bonds. The zero-order valence-electron chi connectivity index (χ0n) is 16.0. The number of hydrogen-bond acceptors (Lipinski definition) is 6. The standard InChI is InChI=1S/C17H30ClN3O3Si/c1-16(2,12-22)21-15-19-10-13(11-20-15)14(23)24-9-7-8-17(3,4)25(5,6)18/h10-11,22H,7-9,12H2,1-6H3,(H,19,20,21). The van der Waals surface area contributed by atoms with Crippen molar-refractivity contribution in [2.75, 3.05) is 18.5 Å². The van der Waals surface area contributed by atoms with E-state index in [2.05, 4.69) is 42.2 Å². The molecule has 0 atom stereocenters. The van der Waals surface area contributed by atoms with Crippen LogP contribution >= 0.6 is 11.1 Å². The molecule has 0 spiro atoms. The monoisotopic (exact) mass is 387 g/mol. The Kier molecular flexibility index (Phi) is 7.40. The first-order valence-electron chi connectivity index (χ1n) is 8.45. The lowest BCUT2D eigenvalue weighted by molar-refractivity contribution is 0.0494. The second-order valence-corrected chi connectivity index (χ2v) is 15.2. The molecule has 8 heteroatoms. The maximum absolute atomic E-state index is 12.0. The van der Waals surface area contributed by atoms with Crippen LogP contribution in [-0.2, 0) is 4.74 Å². The van der Waals surface area contributed by atoms with Crippen LogP contribution in [0.3, 0.4) is 0 Å². The van der Waals surface area contributed by atoms with E-state index in [9.17, 15) is 9.90 Å². The number of carbonyl (C=O) groups is 1. The average molecular weight is 388 g/mol. The third-order valence-electron chi connectivity index (χ3n) is 4.52. The van der Waals surface area contributed by atoms with Crippen molar-refractivity contribution >= 4 is 30.4 Å². The van der Waals surface area contributed by atoms with Gasteiger partial charge in [-0.15, -0.1) is 0 Å². The summed E-state index contributed by atoms with van der Waals surface area (Å²) in [5, 5.41) is 12.3. The fraction of sp³-hybridized carbons (Fsp3) is 0.706. The van der Waals surface area contributed by atoms with E-state index in [1.165, 1.54) is 12.4 Å². The molecule has 0 aliphatic heterocycles. The molecular formula is C17H30ClN3O3Si. The third kappa shape index (κ3) is 6.91. The van der Waals surface area contributed by atoms with Crippen molar-refractivity contribution in [2.45, 2.75) is 64.2 Å². The van der Waals surface area contributed by atoms with Crippen LogP contribution in [0.1, 0.15) is 50.9 Å². The average Bonchev–Trinajstić information content (AvgIpc) is 2.50. The summed E-state index contributed by atoms with van der Waals surface area (Å²) in [5.41, 5.74) is -0.229. The van der Waals surface area contributed by atoms with Crippen LogP contribution < -0.4 is 5.32 Å². The van der Waals surface area contributed by atoms with Crippen LogP contribution in [0.5, 0.6) is 0 Å². The van der Waals surface area contributed by atoms with Gasteiger partial charge in [0.25, 0.3) is 0 Å². The van der Waals surface area contributed by atoms with Crippen molar-refractivity contribution in [3.63, 3.8) is 0 Å². The summed E-state index contributed by atoms with van der Waals surface area (Å²) in [5.74, 6) is -0.0835. The summed E-state index contributed by atoms with van der Waals surface area (Å²) in [7, 11) is -1.77. The van der Waals surface area contributed by atoms with Crippen LogP contribution in [0.25, 0.3) is 0 Å². The largest absolute Gasteiger partial charge is 0.462 e. The van der Waals surface area contributed by atoms with Gasteiger partial charge in [-0.25, -0.2) is 14.8 Å². The smallest absolute Gasteiger partial charge is 0.341 e. The van der Waals surface area contributed by atoms with Gasteiger partial charge in [0.1, 0.15) is 0 Å². The highest BCUT2D eigenvalue weighted by Gasteiger charge is 2.37. The van der Waals surface area contributed by atoms with Gasteiger partial charge in [0.05, 0.1) is 24.3 Å². The molecule has 0 fully saturated rings. The number of hydrogen-bond donors (Lipinski definition) is 2. The van der Waals surface area contributed by atoms with Crippen LogP contribution in [0, 0.1) is 0 Å². The molecule has 25 heavy (non-hydrogen) atoms. The number of esters is 1. The molecule has 0 aromatic carbocycles. The predicted octanol–water partition coefficient (Wildman–Crippen LogP) is 3.82. The third-order valence-corrected chi connectivity index (χ3v) is 9.53. The van der Waals surface area contributed by atoms with Crippen LogP contribution in [-0.4, -0.2) is 47.2 Å². The highest BCUT2D eigenvalue weighted by molar-refractivity contribution is 7.20. The van der Waals surface area contributed by atoms with E-state index in [1.807, 2.05) is 13.8 Å². The summed E-state index contributed by atoms with van der Waals surface area (Å²) in [6.07, 6.45) is 4.53. The first kappa shape index (κ1) is 21.9. The van der Waals surface area contributed by atoms with E-state index in [-0.39, 0.29) is 11.6 Å². The van der Waals surface area contributed by atoms with Crippen molar-refractivity contribution in [3.05, 3.63) is 18.0 Å². The molecule has 0 saturated carbocycles. The summed E-state index contributed by atoms with van der Waals surface area (Å²) in [6.45, 7) is 12.5. The lowest BCUT2D eigenvalue weighted by atomic mass is 10.1. The number of nitrogens with zero attached hydrogens (tertiary/aromatic N) is 2. The molecule has 0 aliphatic rings. The number of carbonyl (C=O) groups excluding carboxylic acids is 1. The molecule has 1 aromatic heterocycles. The molecule has 0 bridgehead atoms. The molecule has 0 saturated heterocycles. The number of ether oxygens (including phenoxy) is 1. The molecule has 1 heterocycles. The van der Waals surface area contributed by atoms with E-state index in [1.54, 1.807) is 0 Å². The number of anilines is 1. The van der Waals surface area contributed by atoms with E-state index in [4.69, 9.17) is 15.8 Å².